The van der Waals surface area contributed by atoms with Gasteiger partial charge in [-0.2, -0.15) is 0 Å². The fourth-order valence-corrected chi connectivity index (χ4v) is 3.04. The van der Waals surface area contributed by atoms with Crippen LogP contribution in [0.15, 0.2) is 22.9 Å². The maximum absolute atomic E-state index is 12.1. The van der Waals surface area contributed by atoms with Gasteiger partial charge in [0.1, 0.15) is 11.4 Å². The van der Waals surface area contributed by atoms with Gasteiger partial charge in [-0.05, 0) is 42.8 Å². The quantitative estimate of drug-likeness (QED) is 0.823. The highest BCUT2D eigenvalue weighted by atomic mass is 79.9. The Hall–Kier alpha value is -1.76. The van der Waals surface area contributed by atoms with E-state index < -0.39 is 5.60 Å². The molecular weight excluding hydrogens is 360 g/mol. The minimum atomic E-state index is -0.457. The number of anilines is 1. The summed E-state index contributed by atoms with van der Waals surface area (Å²) >= 11 is 3.53. The number of nitrogens with zero attached hydrogens (tertiary/aromatic N) is 3. The van der Waals surface area contributed by atoms with Gasteiger partial charge in [-0.3, -0.25) is 0 Å². The van der Waals surface area contributed by atoms with Crippen LogP contribution in [0.2, 0.25) is 0 Å². The van der Waals surface area contributed by atoms with Gasteiger partial charge in [-0.1, -0.05) is 0 Å². The van der Waals surface area contributed by atoms with Gasteiger partial charge < -0.3 is 19.5 Å². The summed E-state index contributed by atoms with van der Waals surface area (Å²) in [6.45, 7) is 8.44. The fourth-order valence-electron chi connectivity index (χ4n) is 2.59. The van der Waals surface area contributed by atoms with E-state index in [0.29, 0.717) is 13.1 Å². The first-order chi connectivity index (χ1) is 10.8. The lowest BCUT2D eigenvalue weighted by molar-refractivity contribution is 0.0240. The van der Waals surface area contributed by atoms with Crippen molar-refractivity contribution >= 4 is 38.7 Å². The summed E-state index contributed by atoms with van der Waals surface area (Å²) in [6, 6.07) is 2.07. The van der Waals surface area contributed by atoms with Crippen LogP contribution < -0.4 is 4.90 Å². The molecule has 1 saturated heterocycles. The van der Waals surface area contributed by atoms with Gasteiger partial charge in [0.15, 0.2) is 0 Å². The average molecular weight is 381 g/mol. The minimum absolute atomic E-state index is 0.242. The molecule has 1 amide bonds. The van der Waals surface area contributed by atoms with E-state index >= 15 is 0 Å². The number of amides is 1. The maximum atomic E-state index is 12.1. The lowest BCUT2D eigenvalue weighted by Crippen LogP contribution is -2.50. The molecule has 0 saturated carbocycles. The summed E-state index contributed by atoms with van der Waals surface area (Å²) in [5.74, 6) is 0.932. The van der Waals surface area contributed by atoms with Crippen LogP contribution in [0.5, 0.6) is 0 Å². The number of nitrogens with one attached hydrogen (secondary N) is 1. The summed E-state index contributed by atoms with van der Waals surface area (Å²) in [5, 5.41) is 1.12. The van der Waals surface area contributed by atoms with E-state index in [4.69, 9.17) is 4.74 Å². The van der Waals surface area contributed by atoms with Crippen LogP contribution in [0.3, 0.4) is 0 Å². The highest BCUT2D eigenvalue weighted by Gasteiger charge is 2.26. The zero-order chi connectivity index (χ0) is 16.6. The third-order valence-corrected chi connectivity index (χ3v) is 4.41. The minimum Gasteiger partial charge on any atom is -0.444 e. The number of carbonyl (C=O) groups excluding carboxylic acids is 1. The zero-order valence-corrected chi connectivity index (χ0v) is 15.2. The lowest BCUT2D eigenvalue weighted by atomic mass is 10.2. The summed E-state index contributed by atoms with van der Waals surface area (Å²) in [5.41, 5.74) is 0.550. The molecule has 0 aliphatic carbocycles. The SMILES string of the molecule is CC(C)(C)OC(=O)N1CCN(c2cc3c(Br)c[nH]c3cn2)CC1. The number of H-pyrrole nitrogens is 1. The molecule has 1 aliphatic rings. The van der Waals surface area contributed by atoms with Crippen LogP contribution in [0.4, 0.5) is 10.6 Å². The van der Waals surface area contributed by atoms with Crippen molar-refractivity contribution < 1.29 is 9.53 Å². The molecule has 1 aliphatic heterocycles. The fraction of sp³-hybridized carbons (Fsp3) is 0.500. The number of halogens is 1. The van der Waals surface area contributed by atoms with Crippen LogP contribution in [0, 0.1) is 0 Å². The van der Waals surface area contributed by atoms with Crippen molar-refractivity contribution in [2.24, 2.45) is 0 Å². The number of rotatable bonds is 1. The smallest absolute Gasteiger partial charge is 0.410 e. The number of piperazine rings is 1. The first kappa shape index (κ1) is 16.1. The van der Waals surface area contributed by atoms with E-state index in [1.54, 1.807) is 4.90 Å². The van der Waals surface area contributed by atoms with Gasteiger partial charge in [-0.25, -0.2) is 9.78 Å². The second-order valence-corrected chi connectivity index (χ2v) is 7.53. The van der Waals surface area contributed by atoms with Gasteiger partial charge in [0.2, 0.25) is 0 Å². The van der Waals surface area contributed by atoms with Crippen molar-refractivity contribution in [3.8, 4) is 0 Å². The highest BCUT2D eigenvalue weighted by Crippen LogP contribution is 2.26. The van der Waals surface area contributed by atoms with E-state index in [0.717, 1.165) is 34.3 Å². The van der Waals surface area contributed by atoms with Crippen LogP contribution in [0.25, 0.3) is 10.9 Å². The zero-order valence-electron chi connectivity index (χ0n) is 13.6. The van der Waals surface area contributed by atoms with Crippen LogP contribution in [0.1, 0.15) is 20.8 Å². The molecule has 0 bridgehead atoms. The first-order valence-electron chi connectivity index (χ1n) is 7.69. The molecule has 3 rings (SSSR count). The summed E-state index contributed by atoms with van der Waals surface area (Å²) in [4.78, 5) is 23.7. The Morgan fingerprint density at radius 2 is 2.00 bits per heavy atom. The molecule has 0 radical (unpaired) electrons. The second kappa shape index (κ2) is 6.03. The van der Waals surface area contributed by atoms with Crippen molar-refractivity contribution in [3.05, 3.63) is 22.9 Å². The van der Waals surface area contributed by atoms with E-state index in [1.807, 2.05) is 33.2 Å². The summed E-state index contributed by atoms with van der Waals surface area (Å²) < 4.78 is 6.45. The Bertz CT molecular complexity index is 714. The third kappa shape index (κ3) is 3.60. The molecule has 124 valence electrons. The second-order valence-electron chi connectivity index (χ2n) is 6.68. The van der Waals surface area contributed by atoms with E-state index in [2.05, 4.69) is 36.9 Å². The van der Waals surface area contributed by atoms with Gasteiger partial charge in [-0.15, -0.1) is 0 Å². The molecule has 23 heavy (non-hydrogen) atoms. The van der Waals surface area contributed by atoms with Crippen molar-refractivity contribution in [3.63, 3.8) is 0 Å². The largest absolute Gasteiger partial charge is 0.444 e. The van der Waals surface area contributed by atoms with Crippen LogP contribution >= 0.6 is 15.9 Å². The van der Waals surface area contributed by atoms with Crippen molar-refractivity contribution in [2.45, 2.75) is 26.4 Å². The Morgan fingerprint density at radius 3 is 2.65 bits per heavy atom. The Kier molecular flexibility index (Phi) is 4.23. The Labute approximate surface area is 143 Å². The molecule has 2 aromatic rings. The lowest BCUT2D eigenvalue weighted by Gasteiger charge is -2.36. The summed E-state index contributed by atoms with van der Waals surface area (Å²) in [6.07, 6.45) is 3.51. The summed E-state index contributed by atoms with van der Waals surface area (Å²) in [7, 11) is 0. The van der Waals surface area contributed by atoms with Gasteiger partial charge in [0.25, 0.3) is 0 Å². The predicted molar refractivity (Wildman–Crippen MR) is 93.8 cm³/mol. The third-order valence-electron chi connectivity index (χ3n) is 3.76. The van der Waals surface area contributed by atoms with Crippen molar-refractivity contribution in [1.82, 2.24) is 14.9 Å². The highest BCUT2D eigenvalue weighted by molar-refractivity contribution is 9.10. The maximum Gasteiger partial charge on any atom is 0.410 e. The normalized spacial score (nSPS) is 16.0. The molecule has 2 aromatic heterocycles. The number of carbonyl (C=O) groups is 1. The van der Waals surface area contributed by atoms with Crippen molar-refractivity contribution in [2.75, 3.05) is 31.1 Å². The molecular formula is C16H21BrN4O2. The number of fused-ring (bicyclic) bond motifs is 1. The molecule has 0 spiro atoms. The monoisotopic (exact) mass is 380 g/mol. The van der Waals surface area contributed by atoms with Gasteiger partial charge in [0.05, 0.1) is 11.7 Å². The number of pyridine rings is 1. The molecule has 0 unspecified atom stereocenters. The number of ether oxygens (including phenoxy) is 1. The van der Waals surface area contributed by atoms with Gasteiger partial charge >= 0.3 is 6.09 Å². The number of hydrogen-bond acceptors (Lipinski definition) is 4. The average Bonchev–Trinajstić information content (AvgIpc) is 2.87. The van der Waals surface area contributed by atoms with E-state index in [1.165, 1.54) is 0 Å². The first-order valence-corrected chi connectivity index (χ1v) is 8.48. The molecule has 3 heterocycles. The van der Waals surface area contributed by atoms with E-state index in [-0.39, 0.29) is 6.09 Å². The number of hydrogen-bond donors (Lipinski definition) is 1. The molecule has 7 heteroatoms. The number of aromatic amines is 1. The van der Waals surface area contributed by atoms with Crippen molar-refractivity contribution in [1.29, 1.82) is 0 Å². The van der Waals surface area contributed by atoms with Crippen LogP contribution in [-0.2, 0) is 4.74 Å². The van der Waals surface area contributed by atoms with E-state index in [9.17, 15) is 4.79 Å². The van der Waals surface area contributed by atoms with Crippen LogP contribution in [-0.4, -0.2) is 52.7 Å². The molecule has 1 N–H and O–H groups in total. The molecule has 0 aromatic carbocycles. The molecule has 1 fully saturated rings. The Morgan fingerprint density at radius 1 is 1.30 bits per heavy atom. The Balaban J connectivity index is 1.66. The predicted octanol–water partition coefficient (Wildman–Crippen LogP) is 3.38. The molecule has 6 nitrogen and oxygen atoms in total. The number of aromatic nitrogens is 2. The standard InChI is InChI=1S/C16H21BrN4O2/c1-16(2,3)23-15(22)21-6-4-20(5-7-21)14-8-11-12(17)9-18-13(11)10-19-14/h8-10,18H,4-7H2,1-3H3. The molecule has 0 atom stereocenters. The van der Waals surface area contributed by atoms with Gasteiger partial charge in [0, 0.05) is 42.2 Å². The topological polar surface area (TPSA) is 61.5 Å².